The Balaban J connectivity index is 1.55. The highest BCUT2D eigenvalue weighted by atomic mass is 32.2. The van der Waals surface area contributed by atoms with Crippen LogP contribution < -0.4 is 4.90 Å². The van der Waals surface area contributed by atoms with Gasteiger partial charge in [0, 0.05) is 26.2 Å². The number of nitrogens with zero attached hydrogens (tertiary/aromatic N) is 3. The molecule has 27 heavy (non-hydrogen) atoms. The number of benzene rings is 1. The van der Waals surface area contributed by atoms with E-state index in [-0.39, 0.29) is 28.5 Å². The second-order valence-corrected chi connectivity index (χ2v) is 9.65. The van der Waals surface area contributed by atoms with Crippen molar-refractivity contribution in [2.24, 2.45) is 11.8 Å². The molecule has 0 bridgehead atoms. The van der Waals surface area contributed by atoms with Crippen LogP contribution >= 0.6 is 0 Å². The first-order valence-electron chi connectivity index (χ1n) is 9.56. The highest BCUT2D eigenvalue weighted by Crippen LogP contribution is 2.40. The monoisotopic (exact) mass is 391 g/mol. The molecule has 0 spiro atoms. The van der Waals surface area contributed by atoms with Crippen LogP contribution in [0, 0.1) is 11.8 Å². The van der Waals surface area contributed by atoms with E-state index in [1.165, 1.54) is 21.3 Å². The molecule has 8 heteroatoms. The molecule has 146 valence electrons. The van der Waals surface area contributed by atoms with E-state index in [1.54, 1.807) is 12.1 Å². The summed E-state index contributed by atoms with van der Waals surface area (Å²) in [5.41, 5.74) is 0.469. The van der Waals surface area contributed by atoms with Crippen LogP contribution in [0.5, 0.6) is 0 Å². The number of carbonyl (C=O) groups is 2. The minimum Gasteiger partial charge on any atom is -0.304 e. The zero-order chi connectivity index (χ0) is 19.2. The number of hydrogen-bond acceptors (Lipinski definition) is 5. The maximum Gasteiger partial charge on any atom is 0.243 e. The topological polar surface area (TPSA) is 78.0 Å². The Bertz CT molecular complexity index is 820. The van der Waals surface area contributed by atoms with Gasteiger partial charge < -0.3 is 4.90 Å². The summed E-state index contributed by atoms with van der Waals surface area (Å²) in [6.07, 6.45) is 3.50. The lowest BCUT2D eigenvalue weighted by Crippen LogP contribution is -2.47. The molecule has 0 unspecified atom stereocenters. The summed E-state index contributed by atoms with van der Waals surface area (Å²) < 4.78 is 27.1. The maximum atomic E-state index is 12.8. The van der Waals surface area contributed by atoms with Crippen LogP contribution in [0.15, 0.2) is 29.2 Å². The number of likely N-dealkylation sites (N-methyl/N-ethyl adjacent to an activating group) is 1. The van der Waals surface area contributed by atoms with E-state index >= 15 is 0 Å². The van der Waals surface area contributed by atoms with E-state index in [0.717, 1.165) is 25.7 Å². The van der Waals surface area contributed by atoms with E-state index in [2.05, 4.69) is 4.90 Å². The lowest BCUT2D eigenvalue weighted by molar-refractivity contribution is -0.122. The fraction of sp³-hybridized carbons (Fsp3) is 0.579. The minimum atomic E-state index is -3.56. The number of hydrogen-bond donors (Lipinski definition) is 0. The van der Waals surface area contributed by atoms with E-state index in [1.807, 2.05) is 7.05 Å². The molecule has 1 aromatic carbocycles. The largest absolute Gasteiger partial charge is 0.304 e. The molecule has 0 radical (unpaired) electrons. The maximum absolute atomic E-state index is 12.8. The van der Waals surface area contributed by atoms with Crippen LogP contribution in [0.3, 0.4) is 0 Å². The zero-order valence-corrected chi connectivity index (χ0v) is 16.3. The normalized spacial score (nSPS) is 27.8. The molecular weight excluding hydrogens is 366 g/mol. The summed E-state index contributed by atoms with van der Waals surface area (Å²) in [5.74, 6) is -0.696. The molecule has 0 aromatic heterocycles. The number of amides is 2. The van der Waals surface area contributed by atoms with Gasteiger partial charge in [-0.2, -0.15) is 4.31 Å². The quantitative estimate of drug-likeness (QED) is 0.726. The van der Waals surface area contributed by atoms with Crippen molar-refractivity contribution in [1.29, 1.82) is 0 Å². The smallest absolute Gasteiger partial charge is 0.243 e. The Morgan fingerprint density at radius 2 is 1.37 bits per heavy atom. The molecule has 1 aromatic rings. The molecule has 2 atom stereocenters. The van der Waals surface area contributed by atoms with Crippen LogP contribution in [0.1, 0.15) is 25.7 Å². The van der Waals surface area contributed by atoms with Gasteiger partial charge in [-0.3, -0.25) is 14.5 Å². The van der Waals surface area contributed by atoms with Crippen molar-refractivity contribution in [2.45, 2.75) is 30.6 Å². The molecule has 3 aliphatic rings. The molecule has 0 N–H and O–H groups in total. The number of fused-ring (bicyclic) bond motifs is 1. The zero-order valence-electron chi connectivity index (χ0n) is 15.5. The number of rotatable bonds is 3. The van der Waals surface area contributed by atoms with Crippen molar-refractivity contribution < 1.29 is 18.0 Å². The summed E-state index contributed by atoms with van der Waals surface area (Å²) in [4.78, 5) is 28.9. The van der Waals surface area contributed by atoms with Crippen LogP contribution in [-0.4, -0.2) is 62.7 Å². The van der Waals surface area contributed by atoms with Crippen LogP contribution in [0.4, 0.5) is 5.69 Å². The molecule has 2 aliphatic heterocycles. The highest BCUT2D eigenvalue weighted by molar-refractivity contribution is 7.89. The third kappa shape index (κ3) is 3.19. The van der Waals surface area contributed by atoms with Crippen LogP contribution in [0.2, 0.25) is 0 Å². The van der Waals surface area contributed by atoms with Crippen molar-refractivity contribution in [2.75, 3.05) is 38.1 Å². The van der Waals surface area contributed by atoms with Gasteiger partial charge in [-0.15, -0.1) is 0 Å². The van der Waals surface area contributed by atoms with Crippen molar-refractivity contribution in [1.82, 2.24) is 9.21 Å². The molecule has 7 nitrogen and oxygen atoms in total. The van der Waals surface area contributed by atoms with Crippen LogP contribution in [-0.2, 0) is 19.6 Å². The average molecular weight is 391 g/mol. The van der Waals surface area contributed by atoms with Gasteiger partial charge in [0.25, 0.3) is 0 Å². The predicted molar refractivity (Wildman–Crippen MR) is 101 cm³/mol. The summed E-state index contributed by atoms with van der Waals surface area (Å²) in [6, 6.07) is 6.17. The number of imide groups is 1. The summed E-state index contributed by atoms with van der Waals surface area (Å²) >= 11 is 0. The second kappa shape index (κ2) is 7.00. The lowest BCUT2D eigenvalue weighted by atomic mass is 9.81. The van der Waals surface area contributed by atoms with Crippen molar-refractivity contribution >= 4 is 27.5 Å². The van der Waals surface area contributed by atoms with Crippen LogP contribution in [0.25, 0.3) is 0 Å². The Morgan fingerprint density at radius 1 is 0.852 bits per heavy atom. The third-order valence-electron chi connectivity index (χ3n) is 6.04. The van der Waals surface area contributed by atoms with Gasteiger partial charge in [-0.1, -0.05) is 12.8 Å². The first-order valence-corrected chi connectivity index (χ1v) is 11.0. The number of sulfonamides is 1. The molecule has 3 fully saturated rings. The molecule has 4 rings (SSSR count). The molecule has 2 amide bonds. The van der Waals surface area contributed by atoms with Crippen molar-refractivity contribution in [3.05, 3.63) is 24.3 Å². The number of anilines is 1. The van der Waals surface area contributed by atoms with Crippen molar-refractivity contribution in [3.63, 3.8) is 0 Å². The first-order chi connectivity index (χ1) is 12.9. The Kier molecular flexibility index (Phi) is 4.82. The van der Waals surface area contributed by atoms with E-state index in [0.29, 0.717) is 31.9 Å². The lowest BCUT2D eigenvalue weighted by Gasteiger charge is -2.31. The van der Waals surface area contributed by atoms with Gasteiger partial charge in [0.05, 0.1) is 22.4 Å². The van der Waals surface area contributed by atoms with E-state index in [9.17, 15) is 18.0 Å². The predicted octanol–water partition coefficient (Wildman–Crippen LogP) is 1.30. The first kappa shape index (κ1) is 18.6. The number of piperazine rings is 1. The molecule has 2 saturated heterocycles. The summed E-state index contributed by atoms with van der Waals surface area (Å²) in [6.45, 7) is 2.34. The number of carbonyl (C=O) groups excluding carboxylic acids is 2. The SMILES string of the molecule is CN1CCN(S(=O)(=O)c2ccc(N3C(=O)[C@H]4CCCC[C@@H]4C3=O)cc2)CC1. The van der Waals surface area contributed by atoms with Gasteiger partial charge in [-0.25, -0.2) is 8.42 Å². The van der Waals surface area contributed by atoms with Gasteiger partial charge in [0.2, 0.25) is 21.8 Å². The molecule has 1 aliphatic carbocycles. The fourth-order valence-corrected chi connectivity index (χ4v) is 5.78. The standard InChI is InChI=1S/C19H25N3O4S/c1-20-10-12-21(13-11-20)27(25,26)15-8-6-14(7-9-15)22-18(23)16-4-2-3-5-17(16)19(22)24/h6-9,16-17H,2-5,10-13H2,1H3/t16-,17-/m0/s1. The second-order valence-electron chi connectivity index (χ2n) is 7.71. The molecule has 2 heterocycles. The summed E-state index contributed by atoms with van der Waals surface area (Å²) in [5, 5.41) is 0. The Labute approximate surface area is 160 Å². The van der Waals surface area contributed by atoms with Gasteiger partial charge in [-0.05, 0) is 44.2 Å². The van der Waals surface area contributed by atoms with Gasteiger partial charge in [0.15, 0.2) is 0 Å². The third-order valence-corrected chi connectivity index (χ3v) is 7.95. The van der Waals surface area contributed by atoms with E-state index < -0.39 is 10.0 Å². The average Bonchev–Trinajstić information content (AvgIpc) is 2.93. The summed E-state index contributed by atoms with van der Waals surface area (Å²) in [7, 11) is -1.58. The van der Waals surface area contributed by atoms with Crippen molar-refractivity contribution in [3.8, 4) is 0 Å². The van der Waals surface area contributed by atoms with Gasteiger partial charge in [0.1, 0.15) is 0 Å². The van der Waals surface area contributed by atoms with E-state index in [4.69, 9.17) is 0 Å². The van der Waals surface area contributed by atoms with Gasteiger partial charge >= 0.3 is 0 Å². The Morgan fingerprint density at radius 3 is 1.89 bits per heavy atom. The Hall–Kier alpha value is -1.77. The minimum absolute atomic E-state index is 0.139. The fourth-order valence-electron chi connectivity index (χ4n) is 4.36. The highest BCUT2D eigenvalue weighted by Gasteiger charge is 2.48. The molecular formula is C19H25N3O4S. The molecule has 1 saturated carbocycles.